The number of benzene rings is 1. The molecule has 0 saturated carbocycles. The molecule has 0 aliphatic rings. The molecule has 2 rings (SSSR count). The predicted octanol–water partition coefficient (Wildman–Crippen LogP) is 1.98. The number of hydrogen-bond donors (Lipinski definition) is 2. The molecule has 96 valence electrons. The van der Waals surface area contributed by atoms with E-state index in [2.05, 4.69) is 5.10 Å². The van der Waals surface area contributed by atoms with Gasteiger partial charge in [0.05, 0.1) is 5.52 Å². The molecule has 0 fully saturated rings. The zero-order valence-corrected chi connectivity index (χ0v) is 10.6. The highest BCUT2D eigenvalue weighted by Crippen LogP contribution is 2.23. The largest absolute Gasteiger partial charge is 0.442 e. The molecule has 0 amide bonds. The third kappa shape index (κ3) is 2.22. The van der Waals surface area contributed by atoms with Gasteiger partial charge in [-0.15, -0.1) is 5.10 Å². The van der Waals surface area contributed by atoms with Gasteiger partial charge in [0.2, 0.25) is 0 Å². The minimum atomic E-state index is -0.585. The Morgan fingerprint density at radius 3 is 2.61 bits per heavy atom. The molecule has 6 nitrogen and oxygen atoms in total. The van der Waals surface area contributed by atoms with E-state index in [4.69, 9.17) is 16.2 Å². The van der Waals surface area contributed by atoms with Gasteiger partial charge in [-0.3, -0.25) is 0 Å². The van der Waals surface area contributed by atoms with E-state index in [-0.39, 0.29) is 5.82 Å². The number of fused-ring (bicyclic) bond motifs is 1. The fourth-order valence-corrected chi connectivity index (χ4v) is 1.60. The molecular weight excluding hydrogens is 232 g/mol. The molecule has 18 heavy (non-hydrogen) atoms. The first-order valence-electron chi connectivity index (χ1n) is 5.55. The summed E-state index contributed by atoms with van der Waals surface area (Å²) in [6.07, 6.45) is -0.561. The third-order valence-corrected chi connectivity index (χ3v) is 2.30. The summed E-state index contributed by atoms with van der Waals surface area (Å²) in [6, 6.07) is 5.06. The molecule has 0 unspecified atom stereocenters. The van der Waals surface area contributed by atoms with Crippen molar-refractivity contribution in [1.29, 1.82) is 0 Å². The van der Waals surface area contributed by atoms with Gasteiger partial charge in [0.15, 0.2) is 5.82 Å². The fraction of sp³-hybridized carbons (Fsp3) is 0.333. The number of aromatic nitrogens is 2. The summed E-state index contributed by atoms with van der Waals surface area (Å²) >= 11 is 0. The van der Waals surface area contributed by atoms with Gasteiger partial charge in [-0.2, -0.15) is 4.68 Å². The van der Waals surface area contributed by atoms with Crippen molar-refractivity contribution in [1.82, 2.24) is 9.78 Å². The molecule has 0 spiro atoms. The van der Waals surface area contributed by atoms with Crippen LogP contribution in [0.1, 0.15) is 20.8 Å². The number of hydrogen-bond acceptors (Lipinski definition) is 5. The summed E-state index contributed by atoms with van der Waals surface area (Å²) < 4.78 is 6.40. The Labute approximate surface area is 104 Å². The van der Waals surface area contributed by atoms with Crippen molar-refractivity contribution in [3.63, 3.8) is 0 Å². The predicted molar refractivity (Wildman–Crippen MR) is 70.2 cm³/mol. The van der Waals surface area contributed by atoms with Crippen LogP contribution < -0.4 is 11.5 Å². The number of nitrogens with two attached hydrogens (primary N) is 2. The normalized spacial score (nSPS) is 11.7. The van der Waals surface area contributed by atoms with Crippen LogP contribution in [0, 0.1) is 0 Å². The van der Waals surface area contributed by atoms with Crippen LogP contribution in [0.25, 0.3) is 10.9 Å². The molecule has 0 bridgehead atoms. The number of ether oxygens (including phenoxy) is 1. The Kier molecular flexibility index (Phi) is 2.65. The Balaban J connectivity index is 2.49. The Hall–Kier alpha value is -2.24. The summed E-state index contributed by atoms with van der Waals surface area (Å²) in [4.78, 5) is 12.0. The van der Waals surface area contributed by atoms with Crippen molar-refractivity contribution in [3.8, 4) is 0 Å². The number of nitrogens with zero attached hydrogens (tertiary/aromatic N) is 2. The van der Waals surface area contributed by atoms with Crippen LogP contribution in [-0.2, 0) is 4.74 Å². The van der Waals surface area contributed by atoms with Gasteiger partial charge < -0.3 is 16.2 Å². The maximum absolute atomic E-state index is 12.0. The van der Waals surface area contributed by atoms with E-state index in [0.29, 0.717) is 16.6 Å². The van der Waals surface area contributed by atoms with Crippen LogP contribution in [0.15, 0.2) is 18.2 Å². The summed E-state index contributed by atoms with van der Waals surface area (Å²) in [7, 11) is 0. The lowest BCUT2D eigenvalue weighted by Crippen LogP contribution is -2.27. The van der Waals surface area contributed by atoms with Crippen molar-refractivity contribution in [2.75, 3.05) is 11.5 Å². The van der Waals surface area contributed by atoms with E-state index in [0.717, 1.165) is 4.68 Å². The number of rotatable bonds is 0. The molecule has 0 atom stereocenters. The van der Waals surface area contributed by atoms with Crippen LogP contribution in [0.3, 0.4) is 0 Å². The van der Waals surface area contributed by atoms with E-state index in [9.17, 15) is 4.79 Å². The van der Waals surface area contributed by atoms with Crippen molar-refractivity contribution >= 4 is 28.5 Å². The molecule has 0 saturated heterocycles. The standard InChI is InChI=1S/C12H16N4O2/c1-12(2,3)18-11(17)16-9-5-4-7(13)6-8(9)10(14)15-16/h4-6H,13H2,1-3H3,(H2,14,15). The lowest BCUT2D eigenvalue weighted by molar-refractivity contribution is 0.0523. The van der Waals surface area contributed by atoms with Gasteiger partial charge in [0.25, 0.3) is 0 Å². The van der Waals surface area contributed by atoms with Crippen molar-refractivity contribution < 1.29 is 9.53 Å². The van der Waals surface area contributed by atoms with E-state index >= 15 is 0 Å². The molecule has 1 heterocycles. The summed E-state index contributed by atoms with van der Waals surface area (Å²) in [5.74, 6) is 0.253. The molecule has 6 heteroatoms. The lowest BCUT2D eigenvalue weighted by atomic mass is 10.2. The lowest BCUT2D eigenvalue weighted by Gasteiger charge is -2.19. The maximum Gasteiger partial charge on any atom is 0.435 e. The highest BCUT2D eigenvalue weighted by Gasteiger charge is 2.21. The number of carbonyl (C=O) groups excluding carboxylic acids is 1. The van der Waals surface area contributed by atoms with Crippen LogP contribution in [0.5, 0.6) is 0 Å². The van der Waals surface area contributed by atoms with Crippen molar-refractivity contribution in [3.05, 3.63) is 18.2 Å². The first-order chi connectivity index (χ1) is 8.28. The van der Waals surface area contributed by atoms with Crippen molar-refractivity contribution in [2.24, 2.45) is 0 Å². The molecule has 0 aliphatic heterocycles. The van der Waals surface area contributed by atoms with E-state index in [1.807, 2.05) is 0 Å². The number of carbonyl (C=O) groups is 1. The highest BCUT2D eigenvalue weighted by molar-refractivity contribution is 5.96. The molecule has 0 aliphatic carbocycles. The van der Waals surface area contributed by atoms with Gasteiger partial charge in [-0.1, -0.05) is 0 Å². The average molecular weight is 248 g/mol. The maximum atomic E-state index is 12.0. The minimum Gasteiger partial charge on any atom is -0.442 e. The molecular formula is C12H16N4O2. The summed E-state index contributed by atoms with van der Waals surface area (Å²) in [6.45, 7) is 5.37. The second-order valence-corrected chi connectivity index (χ2v) is 5.05. The molecule has 4 N–H and O–H groups in total. The highest BCUT2D eigenvalue weighted by atomic mass is 16.6. The van der Waals surface area contributed by atoms with Gasteiger partial charge in [0.1, 0.15) is 5.60 Å². The van der Waals surface area contributed by atoms with Gasteiger partial charge in [-0.05, 0) is 39.0 Å². The minimum absolute atomic E-state index is 0.253. The SMILES string of the molecule is CC(C)(C)OC(=O)n1nc(N)c2cc(N)ccc21. The third-order valence-electron chi connectivity index (χ3n) is 2.30. The number of nitrogen functional groups attached to an aromatic ring is 2. The average Bonchev–Trinajstić information content (AvgIpc) is 2.54. The Morgan fingerprint density at radius 2 is 2.00 bits per heavy atom. The van der Waals surface area contributed by atoms with Crippen LogP contribution in [0.4, 0.5) is 16.3 Å². The number of anilines is 2. The summed E-state index contributed by atoms with van der Waals surface area (Å²) in [5.41, 5.74) is 12.0. The zero-order valence-electron chi connectivity index (χ0n) is 10.6. The van der Waals surface area contributed by atoms with Crippen LogP contribution in [-0.4, -0.2) is 21.5 Å². The Morgan fingerprint density at radius 1 is 1.33 bits per heavy atom. The van der Waals surface area contributed by atoms with Gasteiger partial charge in [0, 0.05) is 11.1 Å². The first kappa shape index (κ1) is 12.2. The fourth-order valence-electron chi connectivity index (χ4n) is 1.60. The molecule has 2 aromatic rings. The van der Waals surface area contributed by atoms with Gasteiger partial charge >= 0.3 is 6.09 Å². The molecule has 0 radical (unpaired) electrons. The topological polar surface area (TPSA) is 96.2 Å². The monoisotopic (exact) mass is 248 g/mol. The van der Waals surface area contributed by atoms with E-state index in [1.54, 1.807) is 39.0 Å². The smallest absolute Gasteiger partial charge is 0.435 e. The van der Waals surface area contributed by atoms with E-state index in [1.165, 1.54) is 0 Å². The first-order valence-corrected chi connectivity index (χ1v) is 5.55. The van der Waals surface area contributed by atoms with E-state index < -0.39 is 11.7 Å². The van der Waals surface area contributed by atoms with Gasteiger partial charge in [-0.25, -0.2) is 4.79 Å². The second-order valence-electron chi connectivity index (χ2n) is 5.05. The van der Waals surface area contributed by atoms with Crippen molar-refractivity contribution in [2.45, 2.75) is 26.4 Å². The quantitative estimate of drug-likeness (QED) is 0.695. The van der Waals surface area contributed by atoms with Crippen LogP contribution >= 0.6 is 0 Å². The zero-order chi connectivity index (χ0) is 13.5. The second kappa shape index (κ2) is 3.90. The molecule has 1 aromatic heterocycles. The molecule has 1 aromatic carbocycles. The van der Waals surface area contributed by atoms with Crippen LogP contribution in [0.2, 0.25) is 0 Å². The summed E-state index contributed by atoms with van der Waals surface area (Å²) in [5, 5.41) is 4.62. The Bertz CT molecular complexity index is 610.